The minimum Gasteiger partial charge on any atom is -0.300 e. The number of rotatable bonds is 4. The summed E-state index contributed by atoms with van der Waals surface area (Å²) < 4.78 is 1.88. The highest BCUT2D eigenvalue weighted by Gasteiger charge is 2.31. The molecule has 6 rings (SSSR count). The number of fused-ring (bicyclic) bond motifs is 2. The highest BCUT2D eigenvalue weighted by atomic mass is 15.4. The lowest BCUT2D eigenvalue weighted by molar-refractivity contribution is 0.164. The van der Waals surface area contributed by atoms with Gasteiger partial charge in [-0.1, -0.05) is 23.8 Å². The molecule has 0 bridgehead atoms. The Hall–Kier alpha value is -2.93. The highest BCUT2D eigenvalue weighted by molar-refractivity contribution is 5.79. The number of aromatic nitrogens is 6. The molecule has 2 fully saturated rings. The SMILES string of the molecule is c1cnc2ccc(Cn3nnc4ncc(C5CC[C@@H](N6CCCCC6)C5)nc43)cc2c1. The fourth-order valence-electron chi connectivity index (χ4n) is 5.31. The van der Waals surface area contributed by atoms with Gasteiger partial charge in [0.05, 0.1) is 24.0 Å². The Morgan fingerprint density at radius 1 is 1.00 bits per heavy atom. The first-order chi connectivity index (χ1) is 15.3. The molecule has 0 radical (unpaired) electrons. The van der Waals surface area contributed by atoms with Crippen molar-refractivity contribution in [1.82, 2.24) is 34.8 Å². The highest BCUT2D eigenvalue weighted by Crippen LogP contribution is 2.37. The van der Waals surface area contributed by atoms with Gasteiger partial charge in [-0.05, 0) is 69.0 Å². The van der Waals surface area contributed by atoms with Crippen molar-refractivity contribution in [2.24, 2.45) is 0 Å². The van der Waals surface area contributed by atoms with Crippen molar-refractivity contribution in [1.29, 1.82) is 0 Å². The third-order valence-electron chi connectivity index (χ3n) is 6.98. The second-order valence-electron chi connectivity index (χ2n) is 8.98. The largest absolute Gasteiger partial charge is 0.300 e. The third-order valence-corrected chi connectivity index (χ3v) is 6.98. The lowest BCUT2D eigenvalue weighted by Crippen LogP contribution is -2.37. The Balaban J connectivity index is 1.24. The second-order valence-corrected chi connectivity index (χ2v) is 8.98. The number of piperidine rings is 1. The molecule has 1 unspecified atom stereocenters. The number of hydrogen-bond donors (Lipinski definition) is 0. The molecule has 7 nitrogen and oxygen atoms in total. The van der Waals surface area contributed by atoms with E-state index < -0.39 is 0 Å². The van der Waals surface area contributed by atoms with Crippen molar-refractivity contribution in [2.45, 2.75) is 57.0 Å². The maximum absolute atomic E-state index is 5.00. The summed E-state index contributed by atoms with van der Waals surface area (Å²) in [6, 6.07) is 11.1. The molecule has 31 heavy (non-hydrogen) atoms. The van der Waals surface area contributed by atoms with E-state index >= 15 is 0 Å². The normalized spacial score (nSPS) is 22.5. The van der Waals surface area contributed by atoms with Crippen molar-refractivity contribution < 1.29 is 0 Å². The van der Waals surface area contributed by atoms with Gasteiger partial charge in [-0.2, -0.15) is 0 Å². The summed E-state index contributed by atoms with van der Waals surface area (Å²) in [5, 5.41) is 9.73. The lowest BCUT2D eigenvalue weighted by Gasteiger charge is -2.32. The standard InChI is InChI=1S/C24H27N7/c1-2-11-30(12-3-1)20-8-7-19(14-20)22-15-26-23-24(27-22)31(29-28-23)16-17-6-9-21-18(13-17)5-4-10-25-21/h4-6,9-10,13,15,19-20H,1-3,7-8,11-12,14,16H2/t19?,20-/m1/s1. The molecule has 0 amide bonds. The Kier molecular flexibility index (Phi) is 4.83. The van der Waals surface area contributed by atoms with Gasteiger partial charge in [-0.15, -0.1) is 5.10 Å². The van der Waals surface area contributed by atoms with E-state index in [2.05, 4.69) is 49.4 Å². The minimum absolute atomic E-state index is 0.485. The molecular weight excluding hydrogens is 386 g/mol. The van der Waals surface area contributed by atoms with Crippen molar-refractivity contribution in [3.63, 3.8) is 0 Å². The van der Waals surface area contributed by atoms with E-state index in [-0.39, 0.29) is 0 Å². The van der Waals surface area contributed by atoms with Crippen LogP contribution in [0.1, 0.15) is 55.7 Å². The number of likely N-dealkylation sites (tertiary alicyclic amines) is 1. The molecule has 4 aromatic rings. The predicted molar refractivity (Wildman–Crippen MR) is 120 cm³/mol. The van der Waals surface area contributed by atoms with Crippen LogP contribution in [-0.2, 0) is 6.54 Å². The third kappa shape index (κ3) is 3.67. The predicted octanol–water partition coefficient (Wildman–Crippen LogP) is 3.94. The molecule has 2 atom stereocenters. The molecule has 2 aliphatic rings. The monoisotopic (exact) mass is 413 g/mol. The number of nitrogens with zero attached hydrogens (tertiary/aromatic N) is 7. The molecule has 1 saturated carbocycles. The first-order valence-electron chi connectivity index (χ1n) is 11.5. The van der Waals surface area contributed by atoms with Crippen LogP contribution in [-0.4, -0.2) is 54.0 Å². The van der Waals surface area contributed by atoms with Gasteiger partial charge in [0, 0.05) is 23.5 Å². The van der Waals surface area contributed by atoms with Crippen molar-refractivity contribution in [3.05, 3.63) is 54.0 Å². The average Bonchev–Trinajstić information content (AvgIpc) is 3.47. The van der Waals surface area contributed by atoms with Gasteiger partial charge in [0.2, 0.25) is 5.65 Å². The molecule has 1 aliphatic heterocycles. The Morgan fingerprint density at radius 3 is 2.87 bits per heavy atom. The van der Waals surface area contributed by atoms with Crippen LogP contribution in [0.5, 0.6) is 0 Å². The molecular formula is C24H27N7. The molecule has 1 saturated heterocycles. The zero-order valence-electron chi connectivity index (χ0n) is 17.7. The lowest BCUT2D eigenvalue weighted by atomic mass is 10.0. The van der Waals surface area contributed by atoms with Crippen molar-refractivity contribution in [3.8, 4) is 0 Å². The van der Waals surface area contributed by atoms with Crippen LogP contribution < -0.4 is 0 Å². The van der Waals surface area contributed by atoms with Crippen LogP contribution >= 0.6 is 0 Å². The number of hydrogen-bond acceptors (Lipinski definition) is 6. The molecule has 0 N–H and O–H groups in total. The van der Waals surface area contributed by atoms with Crippen molar-refractivity contribution in [2.75, 3.05) is 13.1 Å². The van der Waals surface area contributed by atoms with Crippen LogP contribution in [0.25, 0.3) is 22.2 Å². The fraction of sp³-hybridized carbons (Fsp3) is 0.458. The number of pyridine rings is 1. The van der Waals surface area contributed by atoms with E-state index in [9.17, 15) is 0 Å². The van der Waals surface area contributed by atoms with Gasteiger partial charge in [-0.3, -0.25) is 4.98 Å². The molecule has 7 heteroatoms. The van der Waals surface area contributed by atoms with E-state index in [1.165, 1.54) is 51.6 Å². The summed E-state index contributed by atoms with van der Waals surface area (Å²) in [5.41, 5.74) is 4.66. The topological polar surface area (TPSA) is 72.6 Å². The van der Waals surface area contributed by atoms with Gasteiger partial charge in [-0.25, -0.2) is 14.6 Å². The van der Waals surface area contributed by atoms with E-state index in [1.807, 2.05) is 23.1 Å². The van der Waals surface area contributed by atoms with Gasteiger partial charge >= 0.3 is 0 Å². The first-order valence-corrected chi connectivity index (χ1v) is 11.5. The van der Waals surface area contributed by atoms with Crippen LogP contribution in [0.15, 0.2) is 42.7 Å². The quantitative estimate of drug-likeness (QED) is 0.505. The second kappa shape index (κ2) is 7.96. The van der Waals surface area contributed by atoms with E-state index in [1.54, 1.807) is 0 Å². The maximum atomic E-state index is 5.00. The maximum Gasteiger partial charge on any atom is 0.221 e. The fourth-order valence-corrected chi connectivity index (χ4v) is 5.31. The number of benzene rings is 1. The van der Waals surface area contributed by atoms with E-state index in [0.717, 1.165) is 27.8 Å². The molecule has 1 aromatic carbocycles. The van der Waals surface area contributed by atoms with Crippen LogP contribution in [0.2, 0.25) is 0 Å². The van der Waals surface area contributed by atoms with Gasteiger partial charge < -0.3 is 4.90 Å². The summed E-state index contributed by atoms with van der Waals surface area (Å²) in [6.07, 6.45) is 11.5. The average molecular weight is 414 g/mol. The van der Waals surface area contributed by atoms with Gasteiger partial charge in [0.25, 0.3) is 0 Å². The smallest absolute Gasteiger partial charge is 0.221 e. The van der Waals surface area contributed by atoms with E-state index in [4.69, 9.17) is 4.98 Å². The first kappa shape index (κ1) is 18.8. The summed E-state index contributed by atoms with van der Waals surface area (Å²) in [7, 11) is 0. The van der Waals surface area contributed by atoms with Gasteiger partial charge in [0.1, 0.15) is 0 Å². The van der Waals surface area contributed by atoms with Crippen LogP contribution in [0, 0.1) is 0 Å². The molecule has 1 aliphatic carbocycles. The Labute approximate surface area is 181 Å². The van der Waals surface area contributed by atoms with Gasteiger partial charge in [0.15, 0.2) is 5.65 Å². The molecule has 4 heterocycles. The molecule has 158 valence electrons. The summed E-state index contributed by atoms with van der Waals surface area (Å²) in [4.78, 5) is 16.7. The Morgan fingerprint density at radius 2 is 1.94 bits per heavy atom. The van der Waals surface area contributed by atoms with Crippen LogP contribution in [0.4, 0.5) is 0 Å². The minimum atomic E-state index is 0.485. The molecule has 0 spiro atoms. The van der Waals surface area contributed by atoms with Crippen LogP contribution in [0.3, 0.4) is 0 Å². The summed E-state index contributed by atoms with van der Waals surface area (Å²) in [5.74, 6) is 0.485. The zero-order chi connectivity index (χ0) is 20.6. The summed E-state index contributed by atoms with van der Waals surface area (Å²) in [6.45, 7) is 3.15. The zero-order valence-corrected chi connectivity index (χ0v) is 17.7. The Bertz CT molecular complexity index is 1210. The molecule has 3 aromatic heterocycles. The summed E-state index contributed by atoms with van der Waals surface area (Å²) >= 11 is 0. The van der Waals surface area contributed by atoms with E-state index in [0.29, 0.717) is 24.2 Å². The van der Waals surface area contributed by atoms with Crippen molar-refractivity contribution >= 4 is 22.2 Å².